The standard InChI is InChI=1S/C23H21N3O4S/c24-31(28,29)21-10-7-19(8-11-21)25-23(27)15-26-13-12-18-6-9-20(14-22(18)26)30-16-17-4-2-1-3-5-17/h1-14H,15-16H2,(H,25,27)(H2,24,28,29). The number of hydrogen-bond donors (Lipinski definition) is 2. The summed E-state index contributed by atoms with van der Waals surface area (Å²) in [6.45, 7) is 0.560. The van der Waals surface area contributed by atoms with E-state index < -0.39 is 10.0 Å². The molecule has 4 rings (SSSR count). The van der Waals surface area contributed by atoms with Gasteiger partial charge in [-0.25, -0.2) is 13.6 Å². The molecule has 3 aromatic carbocycles. The first kappa shape index (κ1) is 20.6. The van der Waals surface area contributed by atoms with Crippen LogP contribution in [-0.4, -0.2) is 18.9 Å². The van der Waals surface area contributed by atoms with E-state index in [9.17, 15) is 13.2 Å². The maximum atomic E-state index is 12.5. The SMILES string of the molecule is NS(=O)(=O)c1ccc(NC(=O)Cn2ccc3ccc(OCc4ccccc4)cc32)cc1. The summed E-state index contributed by atoms with van der Waals surface area (Å²) in [6, 6.07) is 23.3. The van der Waals surface area contributed by atoms with Gasteiger partial charge in [0.25, 0.3) is 0 Å². The zero-order valence-electron chi connectivity index (χ0n) is 16.6. The molecule has 0 saturated heterocycles. The van der Waals surface area contributed by atoms with Crippen LogP contribution in [0.1, 0.15) is 5.56 Å². The highest BCUT2D eigenvalue weighted by molar-refractivity contribution is 7.89. The van der Waals surface area contributed by atoms with Crippen molar-refractivity contribution in [3.05, 3.63) is 90.6 Å². The zero-order chi connectivity index (χ0) is 21.8. The first-order valence-corrected chi connectivity index (χ1v) is 11.1. The molecule has 8 heteroatoms. The predicted octanol–water partition coefficient (Wildman–Crippen LogP) is 3.51. The van der Waals surface area contributed by atoms with Crippen LogP contribution < -0.4 is 15.2 Å². The van der Waals surface area contributed by atoms with Crippen LogP contribution in [0.25, 0.3) is 10.9 Å². The first-order valence-electron chi connectivity index (χ1n) is 9.57. The quantitative estimate of drug-likeness (QED) is 0.464. The largest absolute Gasteiger partial charge is 0.489 e. The second-order valence-corrected chi connectivity index (χ2v) is 8.62. The molecule has 4 aromatic rings. The van der Waals surface area contributed by atoms with E-state index in [4.69, 9.17) is 9.88 Å². The van der Waals surface area contributed by atoms with E-state index in [-0.39, 0.29) is 17.3 Å². The number of rotatable bonds is 7. The Balaban J connectivity index is 1.44. The number of benzene rings is 3. The monoisotopic (exact) mass is 435 g/mol. The van der Waals surface area contributed by atoms with Crippen molar-refractivity contribution in [3.8, 4) is 5.75 Å². The predicted molar refractivity (Wildman–Crippen MR) is 119 cm³/mol. The van der Waals surface area contributed by atoms with E-state index in [2.05, 4.69) is 5.32 Å². The molecule has 158 valence electrons. The zero-order valence-corrected chi connectivity index (χ0v) is 17.4. The van der Waals surface area contributed by atoms with Crippen LogP contribution in [0, 0.1) is 0 Å². The number of sulfonamides is 1. The molecule has 0 atom stereocenters. The van der Waals surface area contributed by atoms with Gasteiger partial charge >= 0.3 is 0 Å². The molecule has 0 spiro atoms. The highest BCUT2D eigenvalue weighted by atomic mass is 32.2. The molecule has 0 bridgehead atoms. The summed E-state index contributed by atoms with van der Waals surface area (Å²) in [5.74, 6) is 0.478. The van der Waals surface area contributed by atoms with Crippen molar-refractivity contribution < 1.29 is 17.9 Å². The van der Waals surface area contributed by atoms with Gasteiger partial charge in [0, 0.05) is 18.0 Å². The lowest BCUT2D eigenvalue weighted by Gasteiger charge is -2.10. The number of carbonyl (C=O) groups is 1. The molecule has 0 unspecified atom stereocenters. The molecule has 0 aliphatic carbocycles. The Morgan fingerprint density at radius 2 is 1.71 bits per heavy atom. The third-order valence-corrected chi connectivity index (χ3v) is 5.70. The molecule has 3 N–H and O–H groups in total. The van der Waals surface area contributed by atoms with Gasteiger partial charge in [-0.1, -0.05) is 30.3 Å². The third-order valence-electron chi connectivity index (χ3n) is 4.77. The normalized spacial score (nSPS) is 11.4. The van der Waals surface area contributed by atoms with Gasteiger partial charge in [0.1, 0.15) is 18.9 Å². The van der Waals surface area contributed by atoms with E-state index in [1.165, 1.54) is 24.3 Å². The van der Waals surface area contributed by atoms with Crippen LogP contribution in [0.4, 0.5) is 5.69 Å². The summed E-state index contributed by atoms with van der Waals surface area (Å²) in [5.41, 5.74) is 2.44. The number of nitrogens with zero attached hydrogens (tertiary/aromatic N) is 1. The maximum Gasteiger partial charge on any atom is 0.244 e. The number of amides is 1. The summed E-state index contributed by atoms with van der Waals surface area (Å²) in [5, 5.41) is 8.85. The third kappa shape index (κ3) is 5.11. The fourth-order valence-electron chi connectivity index (χ4n) is 3.22. The molecule has 0 aliphatic heterocycles. The number of fused-ring (bicyclic) bond motifs is 1. The molecule has 7 nitrogen and oxygen atoms in total. The minimum atomic E-state index is -3.77. The van der Waals surface area contributed by atoms with Gasteiger partial charge in [-0.3, -0.25) is 4.79 Å². The molecule has 0 aliphatic rings. The van der Waals surface area contributed by atoms with E-state index in [1.807, 2.05) is 65.4 Å². The van der Waals surface area contributed by atoms with Gasteiger partial charge in [0.15, 0.2) is 0 Å². The van der Waals surface area contributed by atoms with Crippen molar-refractivity contribution in [2.45, 2.75) is 18.0 Å². The summed E-state index contributed by atoms with van der Waals surface area (Å²) in [6.07, 6.45) is 1.84. The molecule has 31 heavy (non-hydrogen) atoms. The minimum absolute atomic E-state index is 0.00932. The minimum Gasteiger partial charge on any atom is -0.489 e. The Bertz CT molecular complexity index is 1310. The summed E-state index contributed by atoms with van der Waals surface area (Å²) in [7, 11) is -3.77. The Morgan fingerprint density at radius 3 is 2.42 bits per heavy atom. The topological polar surface area (TPSA) is 103 Å². The van der Waals surface area contributed by atoms with Gasteiger partial charge in [0.2, 0.25) is 15.9 Å². The Labute approximate surface area is 180 Å². The summed E-state index contributed by atoms with van der Waals surface area (Å²) >= 11 is 0. The molecule has 1 heterocycles. The maximum absolute atomic E-state index is 12.5. The molecule has 0 radical (unpaired) electrons. The fourth-order valence-corrected chi connectivity index (χ4v) is 3.73. The lowest BCUT2D eigenvalue weighted by molar-refractivity contribution is -0.116. The van der Waals surface area contributed by atoms with Crippen molar-refractivity contribution in [1.29, 1.82) is 0 Å². The summed E-state index contributed by atoms with van der Waals surface area (Å²) in [4.78, 5) is 12.5. The van der Waals surface area contributed by atoms with Crippen molar-refractivity contribution in [3.63, 3.8) is 0 Å². The Kier molecular flexibility index (Phi) is 5.75. The average Bonchev–Trinajstić information content (AvgIpc) is 3.14. The van der Waals surface area contributed by atoms with Crippen molar-refractivity contribution >= 4 is 32.5 Å². The van der Waals surface area contributed by atoms with Gasteiger partial charge < -0.3 is 14.6 Å². The van der Waals surface area contributed by atoms with E-state index in [0.29, 0.717) is 12.3 Å². The Hall–Kier alpha value is -3.62. The lowest BCUT2D eigenvalue weighted by atomic mass is 10.2. The van der Waals surface area contributed by atoms with E-state index in [1.54, 1.807) is 0 Å². The number of carbonyl (C=O) groups excluding carboxylic acids is 1. The number of hydrogen-bond acceptors (Lipinski definition) is 4. The van der Waals surface area contributed by atoms with Crippen LogP contribution in [0.3, 0.4) is 0 Å². The molecule has 1 aromatic heterocycles. The second kappa shape index (κ2) is 8.63. The van der Waals surface area contributed by atoms with Gasteiger partial charge in [-0.15, -0.1) is 0 Å². The molecule has 0 fully saturated rings. The fraction of sp³-hybridized carbons (Fsp3) is 0.0870. The first-order chi connectivity index (χ1) is 14.9. The van der Waals surface area contributed by atoms with Crippen LogP contribution in [0.5, 0.6) is 5.75 Å². The number of aromatic nitrogens is 1. The molecular formula is C23H21N3O4S. The highest BCUT2D eigenvalue weighted by Crippen LogP contribution is 2.23. The van der Waals surface area contributed by atoms with Crippen molar-refractivity contribution in [1.82, 2.24) is 4.57 Å². The van der Waals surface area contributed by atoms with Gasteiger partial charge in [-0.05, 0) is 53.4 Å². The number of nitrogens with one attached hydrogen (secondary N) is 1. The van der Waals surface area contributed by atoms with Crippen LogP contribution in [-0.2, 0) is 28.0 Å². The van der Waals surface area contributed by atoms with Crippen molar-refractivity contribution in [2.75, 3.05) is 5.32 Å². The highest BCUT2D eigenvalue weighted by Gasteiger charge is 2.10. The van der Waals surface area contributed by atoms with Crippen LogP contribution in [0.2, 0.25) is 0 Å². The average molecular weight is 436 g/mol. The van der Waals surface area contributed by atoms with E-state index >= 15 is 0 Å². The van der Waals surface area contributed by atoms with Crippen LogP contribution >= 0.6 is 0 Å². The van der Waals surface area contributed by atoms with Crippen molar-refractivity contribution in [2.24, 2.45) is 5.14 Å². The molecular weight excluding hydrogens is 414 g/mol. The lowest BCUT2D eigenvalue weighted by Crippen LogP contribution is -2.18. The molecule has 0 saturated carbocycles. The Morgan fingerprint density at radius 1 is 0.968 bits per heavy atom. The second-order valence-electron chi connectivity index (χ2n) is 7.06. The molecule has 1 amide bonds. The number of nitrogens with two attached hydrogens (primary N) is 1. The van der Waals surface area contributed by atoms with Gasteiger partial charge in [-0.2, -0.15) is 0 Å². The van der Waals surface area contributed by atoms with Gasteiger partial charge in [0.05, 0.1) is 10.4 Å². The number of ether oxygens (including phenoxy) is 1. The van der Waals surface area contributed by atoms with E-state index in [0.717, 1.165) is 22.2 Å². The number of primary sulfonamides is 1. The smallest absolute Gasteiger partial charge is 0.244 e. The summed E-state index contributed by atoms with van der Waals surface area (Å²) < 4.78 is 30.4. The van der Waals surface area contributed by atoms with Crippen LogP contribution in [0.15, 0.2) is 90.0 Å². The number of anilines is 1.